The van der Waals surface area contributed by atoms with E-state index in [0.29, 0.717) is 6.54 Å². The van der Waals surface area contributed by atoms with Crippen molar-refractivity contribution in [1.29, 1.82) is 0 Å². The Morgan fingerprint density at radius 2 is 2.25 bits per heavy atom. The lowest BCUT2D eigenvalue weighted by Gasteiger charge is -2.09. The molecule has 0 bridgehead atoms. The number of furan rings is 1. The number of nitrogens with zero attached hydrogens (tertiary/aromatic N) is 2. The van der Waals surface area contributed by atoms with Crippen LogP contribution < -0.4 is 4.74 Å². The van der Waals surface area contributed by atoms with E-state index in [-0.39, 0.29) is 5.38 Å². The van der Waals surface area contributed by atoms with Crippen LogP contribution in [0.3, 0.4) is 0 Å². The standard InChI is InChI=1S/C15H15ClN2O2/c1-10(16)15-17-13-6-5-11(19-2)8-14(13)18(15)9-12-4-3-7-20-12/h3-8,10H,9H2,1-2H3. The van der Waals surface area contributed by atoms with Gasteiger partial charge in [0.05, 0.1) is 36.3 Å². The van der Waals surface area contributed by atoms with Crippen molar-refractivity contribution in [2.45, 2.75) is 18.8 Å². The molecule has 4 nitrogen and oxygen atoms in total. The predicted molar refractivity (Wildman–Crippen MR) is 78.4 cm³/mol. The zero-order valence-corrected chi connectivity index (χ0v) is 12.1. The fourth-order valence-corrected chi connectivity index (χ4v) is 2.44. The van der Waals surface area contributed by atoms with Crippen LogP contribution in [0.25, 0.3) is 11.0 Å². The van der Waals surface area contributed by atoms with Gasteiger partial charge in [0.25, 0.3) is 0 Å². The van der Waals surface area contributed by atoms with E-state index in [9.17, 15) is 0 Å². The van der Waals surface area contributed by atoms with Gasteiger partial charge in [0.15, 0.2) is 0 Å². The van der Waals surface area contributed by atoms with Crippen molar-refractivity contribution in [1.82, 2.24) is 9.55 Å². The number of ether oxygens (including phenoxy) is 1. The number of rotatable bonds is 4. The van der Waals surface area contributed by atoms with Crippen molar-refractivity contribution < 1.29 is 9.15 Å². The number of methoxy groups -OCH3 is 1. The Balaban J connectivity index is 2.16. The van der Waals surface area contributed by atoms with Gasteiger partial charge in [-0.15, -0.1) is 11.6 Å². The number of fused-ring (bicyclic) bond motifs is 1. The number of alkyl halides is 1. The molecule has 5 heteroatoms. The second-order valence-electron chi connectivity index (χ2n) is 4.61. The molecule has 2 heterocycles. The molecule has 2 aromatic heterocycles. The van der Waals surface area contributed by atoms with Gasteiger partial charge in [0.1, 0.15) is 17.3 Å². The fraction of sp³-hybridized carbons (Fsp3) is 0.267. The van der Waals surface area contributed by atoms with E-state index >= 15 is 0 Å². The van der Waals surface area contributed by atoms with Crippen molar-refractivity contribution in [3.63, 3.8) is 0 Å². The highest BCUT2D eigenvalue weighted by Crippen LogP contribution is 2.28. The highest BCUT2D eigenvalue weighted by Gasteiger charge is 2.16. The Kier molecular flexibility index (Phi) is 3.40. The normalized spacial score (nSPS) is 12.8. The van der Waals surface area contributed by atoms with Gasteiger partial charge in [-0.05, 0) is 31.2 Å². The second kappa shape index (κ2) is 5.21. The zero-order valence-electron chi connectivity index (χ0n) is 11.3. The first-order valence-electron chi connectivity index (χ1n) is 6.39. The molecule has 0 saturated heterocycles. The number of benzene rings is 1. The van der Waals surface area contributed by atoms with Crippen molar-refractivity contribution in [2.75, 3.05) is 7.11 Å². The first-order chi connectivity index (χ1) is 9.69. The van der Waals surface area contributed by atoms with Crippen LogP contribution in [-0.4, -0.2) is 16.7 Å². The number of hydrogen-bond donors (Lipinski definition) is 0. The van der Waals surface area contributed by atoms with Crippen molar-refractivity contribution in [2.24, 2.45) is 0 Å². The van der Waals surface area contributed by atoms with E-state index in [0.717, 1.165) is 28.4 Å². The van der Waals surface area contributed by atoms with Gasteiger partial charge >= 0.3 is 0 Å². The smallest absolute Gasteiger partial charge is 0.128 e. The van der Waals surface area contributed by atoms with E-state index in [1.165, 1.54) is 0 Å². The molecule has 1 aromatic carbocycles. The summed E-state index contributed by atoms with van der Waals surface area (Å²) in [6, 6.07) is 9.62. The maximum Gasteiger partial charge on any atom is 0.128 e. The minimum absolute atomic E-state index is 0.177. The molecule has 0 amide bonds. The number of imidazole rings is 1. The average Bonchev–Trinajstić information content (AvgIpc) is 3.07. The van der Waals surface area contributed by atoms with Crippen LogP contribution in [0.4, 0.5) is 0 Å². The van der Waals surface area contributed by atoms with Crippen molar-refractivity contribution >= 4 is 22.6 Å². The number of hydrogen-bond acceptors (Lipinski definition) is 3. The molecule has 20 heavy (non-hydrogen) atoms. The zero-order chi connectivity index (χ0) is 14.1. The predicted octanol–water partition coefficient (Wildman–Crippen LogP) is 3.99. The summed E-state index contributed by atoms with van der Waals surface area (Å²) in [6.07, 6.45) is 1.67. The van der Waals surface area contributed by atoms with E-state index in [1.54, 1.807) is 13.4 Å². The third-order valence-corrected chi connectivity index (χ3v) is 3.43. The Hall–Kier alpha value is -1.94. The molecule has 3 rings (SSSR count). The average molecular weight is 291 g/mol. The molecule has 0 fully saturated rings. The molecule has 1 atom stereocenters. The first kappa shape index (κ1) is 13.1. The van der Waals surface area contributed by atoms with E-state index in [2.05, 4.69) is 9.55 Å². The van der Waals surface area contributed by atoms with Gasteiger partial charge in [-0.3, -0.25) is 0 Å². The Bertz CT molecular complexity index is 717. The second-order valence-corrected chi connectivity index (χ2v) is 5.26. The summed E-state index contributed by atoms with van der Waals surface area (Å²) < 4.78 is 12.8. The van der Waals surface area contributed by atoms with Gasteiger partial charge < -0.3 is 13.7 Å². The highest BCUT2D eigenvalue weighted by molar-refractivity contribution is 6.20. The summed E-state index contributed by atoms with van der Waals surface area (Å²) in [5, 5.41) is -0.177. The summed E-state index contributed by atoms with van der Waals surface area (Å²) >= 11 is 6.25. The molecule has 0 radical (unpaired) electrons. The molecule has 104 valence electrons. The van der Waals surface area contributed by atoms with Crippen LogP contribution in [0.1, 0.15) is 23.9 Å². The molecule has 0 spiro atoms. The first-order valence-corrected chi connectivity index (χ1v) is 6.83. The monoisotopic (exact) mass is 290 g/mol. The van der Waals surface area contributed by atoms with Crippen LogP contribution in [0.2, 0.25) is 0 Å². The lowest BCUT2D eigenvalue weighted by Crippen LogP contribution is -2.05. The summed E-state index contributed by atoms with van der Waals surface area (Å²) in [6.45, 7) is 2.52. The highest BCUT2D eigenvalue weighted by atomic mass is 35.5. The van der Waals surface area contributed by atoms with Gasteiger partial charge in [-0.25, -0.2) is 4.98 Å². The molecule has 0 aliphatic carbocycles. The molecule has 0 N–H and O–H groups in total. The fourth-order valence-electron chi connectivity index (χ4n) is 2.28. The third kappa shape index (κ3) is 2.27. The van der Waals surface area contributed by atoms with E-state index in [4.69, 9.17) is 20.8 Å². The third-order valence-electron chi connectivity index (χ3n) is 3.23. The molecule has 0 aliphatic heterocycles. The van der Waals surface area contributed by atoms with Crippen LogP contribution >= 0.6 is 11.6 Å². The maximum absolute atomic E-state index is 6.25. The molecule has 0 aliphatic rings. The van der Waals surface area contributed by atoms with Crippen LogP contribution in [-0.2, 0) is 6.54 Å². The summed E-state index contributed by atoms with van der Waals surface area (Å²) in [7, 11) is 1.65. The lowest BCUT2D eigenvalue weighted by atomic mass is 10.3. The molecular formula is C15H15ClN2O2. The minimum Gasteiger partial charge on any atom is -0.497 e. The SMILES string of the molecule is COc1ccc2nc(C(C)Cl)n(Cc3ccco3)c2c1. The minimum atomic E-state index is -0.177. The summed E-state index contributed by atoms with van der Waals surface area (Å²) in [5.74, 6) is 2.49. The van der Waals surface area contributed by atoms with Gasteiger partial charge in [0, 0.05) is 6.07 Å². The number of aromatic nitrogens is 2. The lowest BCUT2D eigenvalue weighted by molar-refractivity contribution is 0.415. The van der Waals surface area contributed by atoms with Crippen LogP contribution in [0, 0.1) is 0 Å². The molecule has 1 unspecified atom stereocenters. The van der Waals surface area contributed by atoms with Crippen LogP contribution in [0.15, 0.2) is 41.0 Å². The Morgan fingerprint density at radius 3 is 2.90 bits per heavy atom. The summed E-state index contributed by atoms with van der Waals surface area (Å²) in [4.78, 5) is 4.60. The Morgan fingerprint density at radius 1 is 1.40 bits per heavy atom. The van der Waals surface area contributed by atoms with Gasteiger partial charge in [0.2, 0.25) is 0 Å². The topological polar surface area (TPSA) is 40.2 Å². The van der Waals surface area contributed by atoms with Crippen LogP contribution in [0.5, 0.6) is 5.75 Å². The summed E-state index contributed by atoms with van der Waals surface area (Å²) in [5.41, 5.74) is 1.89. The molecule has 0 saturated carbocycles. The molecular weight excluding hydrogens is 276 g/mol. The van der Waals surface area contributed by atoms with Crippen molar-refractivity contribution in [3.05, 3.63) is 48.2 Å². The maximum atomic E-state index is 6.25. The Labute approximate surface area is 121 Å². The van der Waals surface area contributed by atoms with Gasteiger partial charge in [-0.2, -0.15) is 0 Å². The quantitative estimate of drug-likeness (QED) is 0.682. The molecule has 3 aromatic rings. The van der Waals surface area contributed by atoms with E-state index < -0.39 is 0 Å². The van der Waals surface area contributed by atoms with Gasteiger partial charge in [-0.1, -0.05) is 0 Å². The van der Waals surface area contributed by atoms with Crippen molar-refractivity contribution in [3.8, 4) is 5.75 Å². The van der Waals surface area contributed by atoms with E-state index in [1.807, 2.05) is 37.3 Å². The number of halogens is 1. The largest absolute Gasteiger partial charge is 0.497 e.